The van der Waals surface area contributed by atoms with Gasteiger partial charge in [-0.2, -0.15) is 0 Å². The number of hydrogen-bond donors (Lipinski definition) is 1. The molecule has 1 N–H and O–H groups in total. The predicted molar refractivity (Wildman–Crippen MR) is 91.9 cm³/mol. The first kappa shape index (κ1) is 15.0. The van der Waals surface area contributed by atoms with Gasteiger partial charge in [0.05, 0.1) is 11.4 Å². The van der Waals surface area contributed by atoms with Crippen LogP contribution < -0.4 is 10.2 Å². The number of fused-ring (bicyclic) bond motifs is 2. The van der Waals surface area contributed by atoms with E-state index in [1.807, 2.05) is 11.8 Å². The monoisotopic (exact) mass is 312 g/mol. The summed E-state index contributed by atoms with van der Waals surface area (Å²) in [6, 6.07) is 17.0. The Morgan fingerprint density at radius 1 is 1.09 bits per heavy atom. The van der Waals surface area contributed by atoms with E-state index in [1.54, 1.807) is 6.92 Å². The van der Waals surface area contributed by atoms with Crippen molar-refractivity contribution in [3.63, 3.8) is 0 Å². The highest BCUT2D eigenvalue weighted by molar-refractivity contribution is 7.99. The molecule has 1 aliphatic rings. The number of rotatable bonds is 4. The van der Waals surface area contributed by atoms with Crippen molar-refractivity contribution in [3.8, 4) is 0 Å². The molecule has 22 heavy (non-hydrogen) atoms. The van der Waals surface area contributed by atoms with Gasteiger partial charge in [-0.05, 0) is 30.2 Å². The van der Waals surface area contributed by atoms with Gasteiger partial charge in [0.1, 0.15) is 0 Å². The Kier molecular flexibility index (Phi) is 4.39. The van der Waals surface area contributed by atoms with Crippen molar-refractivity contribution in [2.45, 2.75) is 23.6 Å². The predicted octanol–water partition coefficient (Wildman–Crippen LogP) is 4.06. The largest absolute Gasteiger partial charge is 0.356 e. The van der Waals surface area contributed by atoms with E-state index in [0.29, 0.717) is 12.5 Å². The summed E-state index contributed by atoms with van der Waals surface area (Å²) in [7, 11) is 0. The van der Waals surface area contributed by atoms with Gasteiger partial charge in [-0.1, -0.05) is 43.0 Å². The molecule has 0 saturated heterocycles. The first-order valence-electron chi connectivity index (χ1n) is 7.53. The van der Waals surface area contributed by atoms with Gasteiger partial charge in [-0.3, -0.25) is 4.79 Å². The van der Waals surface area contributed by atoms with Gasteiger partial charge in [0.15, 0.2) is 0 Å². The van der Waals surface area contributed by atoms with Gasteiger partial charge in [0.2, 0.25) is 5.91 Å². The molecular formula is C18H20N2OS. The lowest BCUT2D eigenvalue weighted by molar-refractivity contribution is -0.119. The van der Waals surface area contributed by atoms with Gasteiger partial charge in [-0.15, -0.1) is 0 Å². The number of nitrogens with one attached hydrogen (secondary N) is 1. The van der Waals surface area contributed by atoms with Gasteiger partial charge in [0, 0.05) is 29.8 Å². The summed E-state index contributed by atoms with van der Waals surface area (Å²) in [4.78, 5) is 16.0. The molecule has 3 nitrogen and oxygen atoms in total. The number of carbonyl (C=O) groups excluding carboxylic acids is 1. The highest BCUT2D eigenvalue weighted by Crippen LogP contribution is 2.47. The number of para-hydroxylation sites is 2. The maximum atomic E-state index is 11.1. The molecule has 1 atom stereocenters. The van der Waals surface area contributed by atoms with Crippen LogP contribution in [0.1, 0.15) is 13.8 Å². The Bertz CT molecular complexity index is 641. The molecule has 1 amide bonds. The zero-order valence-electron chi connectivity index (χ0n) is 12.9. The van der Waals surface area contributed by atoms with Crippen molar-refractivity contribution in [3.05, 3.63) is 48.5 Å². The van der Waals surface area contributed by atoms with Gasteiger partial charge >= 0.3 is 0 Å². The van der Waals surface area contributed by atoms with Crippen LogP contribution in [0.15, 0.2) is 58.3 Å². The lowest BCUT2D eigenvalue weighted by Gasteiger charge is -2.34. The van der Waals surface area contributed by atoms with E-state index in [-0.39, 0.29) is 5.91 Å². The second kappa shape index (κ2) is 6.44. The Hall–Kier alpha value is -1.94. The first-order chi connectivity index (χ1) is 10.6. The van der Waals surface area contributed by atoms with Crippen LogP contribution in [0.5, 0.6) is 0 Å². The SMILES string of the molecule is CC(=O)NCC(C)CN1c2ccccc2Sc2ccccc21. The molecule has 0 aliphatic carbocycles. The van der Waals surface area contributed by atoms with Crippen LogP contribution >= 0.6 is 11.8 Å². The van der Waals surface area contributed by atoms with E-state index >= 15 is 0 Å². The van der Waals surface area contributed by atoms with Crippen LogP contribution in [0.2, 0.25) is 0 Å². The van der Waals surface area contributed by atoms with Crippen LogP contribution in [0.25, 0.3) is 0 Å². The third-order valence-electron chi connectivity index (χ3n) is 3.73. The quantitative estimate of drug-likeness (QED) is 0.924. The summed E-state index contributed by atoms with van der Waals surface area (Å²) in [5, 5.41) is 2.91. The molecule has 0 aromatic heterocycles. The average Bonchev–Trinajstić information content (AvgIpc) is 2.52. The third-order valence-corrected chi connectivity index (χ3v) is 4.86. The first-order valence-corrected chi connectivity index (χ1v) is 8.34. The minimum absolute atomic E-state index is 0.0295. The zero-order chi connectivity index (χ0) is 15.5. The summed E-state index contributed by atoms with van der Waals surface area (Å²) in [6.07, 6.45) is 0. The number of anilines is 2. The maximum Gasteiger partial charge on any atom is 0.216 e. The van der Waals surface area contributed by atoms with Crippen LogP contribution in [-0.2, 0) is 4.79 Å². The average molecular weight is 312 g/mol. The lowest BCUT2D eigenvalue weighted by atomic mass is 10.1. The minimum Gasteiger partial charge on any atom is -0.356 e. The smallest absolute Gasteiger partial charge is 0.216 e. The fourth-order valence-corrected chi connectivity index (χ4v) is 3.77. The molecule has 4 heteroatoms. The summed E-state index contributed by atoms with van der Waals surface area (Å²) < 4.78 is 0. The molecule has 0 saturated carbocycles. The number of hydrogen-bond acceptors (Lipinski definition) is 3. The maximum absolute atomic E-state index is 11.1. The van der Waals surface area contributed by atoms with E-state index in [1.165, 1.54) is 21.2 Å². The Morgan fingerprint density at radius 2 is 1.64 bits per heavy atom. The Balaban J connectivity index is 1.88. The van der Waals surface area contributed by atoms with Crippen molar-refractivity contribution < 1.29 is 4.79 Å². The van der Waals surface area contributed by atoms with Crippen LogP contribution in [-0.4, -0.2) is 19.0 Å². The third kappa shape index (κ3) is 3.12. The topological polar surface area (TPSA) is 32.3 Å². The number of nitrogens with zero attached hydrogens (tertiary/aromatic N) is 1. The van der Waals surface area contributed by atoms with Gasteiger partial charge in [0.25, 0.3) is 0 Å². The van der Waals surface area contributed by atoms with Gasteiger partial charge < -0.3 is 10.2 Å². The molecule has 0 radical (unpaired) electrons. The normalized spacial score (nSPS) is 14.0. The van der Waals surface area contributed by atoms with Gasteiger partial charge in [-0.25, -0.2) is 0 Å². The van der Waals surface area contributed by atoms with Crippen LogP contribution in [0, 0.1) is 5.92 Å². The second-order valence-corrected chi connectivity index (χ2v) is 6.77. The van der Waals surface area contributed by atoms with E-state index in [9.17, 15) is 4.79 Å². The molecule has 1 unspecified atom stereocenters. The summed E-state index contributed by atoms with van der Waals surface area (Å²) in [5.74, 6) is 0.398. The molecular weight excluding hydrogens is 292 g/mol. The zero-order valence-corrected chi connectivity index (χ0v) is 13.7. The fourth-order valence-electron chi connectivity index (χ4n) is 2.67. The Labute approximate surface area is 135 Å². The molecule has 1 aliphatic heterocycles. The lowest BCUT2D eigenvalue weighted by Crippen LogP contribution is -2.33. The minimum atomic E-state index is 0.0295. The van der Waals surface area contributed by atoms with Crippen molar-refractivity contribution >= 4 is 29.0 Å². The fraction of sp³-hybridized carbons (Fsp3) is 0.278. The molecule has 3 rings (SSSR count). The number of carbonyl (C=O) groups is 1. The van der Waals surface area contributed by atoms with E-state index < -0.39 is 0 Å². The molecule has 1 heterocycles. The van der Waals surface area contributed by atoms with Crippen molar-refractivity contribution in [2.24, 2.45) is 5.92 Å². The number of amides is 1. The molecule has 0 fully saturated rings. The highest BCUT2D eigenvalue weighted by atomic mass is 32.2. The molecule has 0 spiro atoms. The van der Waals surface area contributed by atoms with E-state index in [0.717, 1.165) is 6.54 Å². The number of benzene rings is 2. The van der Waals surface area contributed by atoms with Crippen molar-refractivity contribution in [1.29, 1.82) is 0 Å². The standard InChI is InChI=1S/C18H20N2OS/c1-13(11-19-14(2)21)12-20-15-7-3-5-9-17(15)22-18-10-6-4-8-16(18)20/h3-10,13H,11-12H2,1-2H3,(H,19,21). The second-order valence-electron chi connectivity index (χ2n) is 5.69. The van der Waals surface area contributed by atoms with E-state index in [4.69, 9.17) is 0 Å². The van der Waals surface area contributed by atoms with Crippen molar-refractivity contribution in [1.82, 2.24) is 5.32 Å². The van der Waals surface area contributed by atoms with Crippen molar-refractivity contribution in [2.75, 3.05) is 18.0 Å². The molecule has 0 bridgehead atoms. The summed E-state index contributed by atoms with van der Waals surface area (Å²) >= 11 is 1.82. The van der Waals surface area contributed by atoms with Crippen LogP contribution in [0.4, 0.5) is 11.4 Å². The molecule has 114 valence electrons. The van der Waals surface area contributed by atoms with E-state index in [2.05, 4.69) is 65.7 Å². The summed E-state index contributed by atoms with van der Waals surface area (Å²) in [6.45, 7) is 5.32. The highest BCUT2D eigenvalue weighted by Gasteiger charge is 2.23. The molecule has 2 aromatic rings. The summed E-state index contributed by atoms with van der Waals surface area (Å²) in [5.41, 5.74) is 2.50. The Morgan fingerprint density at radius 3 is 2.18 bits per heavy atom. The van der Waals surface area contributed by atoms with Crippen LogP contribution in [0.3, 0.4) is 0 Å². The molecule has 2 aromatic carbocycles.